The highest BCUT2D eigenvalue weighted by Gasteiger charge is 2.18. The standard InChI is InChI=1S/C17H17NO6/c1-9-4-5-10(6-13(9)19)16(20)18-12-8-15(24-3)14(23-2)7-11(12)17(21)22/h4-8,19H,1-3H3,(H,18,20)(H,21,22). The molecule has 0 aliphatic rings. The molecule has 2 aromatic carbocycles. The summed E-state index contributed by atoms with van der Waals surface area (Å²) in [5, 5.41) is 21.5. The molecule has 24 heavy (non-hydrogen) atoms. The molecule has 1 amide bonds. The van der Waals surface area contributed by atoms with E-state index in [-0.39, 0.29) is 34.1 Å². The summed E-state index contributed by atoms with van der Waals surface area (Å²) in [6.07, 6.45) is 0. The molecule has 0 spiro atoms. The van der Waals surface area contributed by atoms with E-state index in [1.54, 1.807) is 13.0 Å². The fourth-order valence-electron chi connectivity index (χ4n) is 2.10. The van der Waals surface area contributed by atoms with Crippen LogP contribution in [0.25, 0.3) is 0 Å². The molecule has 0 aromatic heterocycles. The number of phenols is 1. The number of phenolic OH excluding ortho intramolecular Hbond substituents is 1. The molecule has 0 aliphatic carbocycles. The number of amides is 1. The molecular formula is C17H17NO6. The van der Waals surface area contributed by atoms with Crippen LogP contribution in [0, 0.1) is 6.92 Å². The van der Waals surface area contributed by atoms with E-state index in [2.05, 4.69) is 5.32 Å². The second-order valence-electron chi connectivity index (χ2n) is 5.01. The Morgan fingerprint density at radius 3 is 2.21 bits per heavy atom. The Hall–Kier alpha value is -3.22. The van der Waals surface area contributed by atoms with Crippen LogP contribution in [0.5, 0.6) is 17.2 Å². The average molecular weight is 331 g/mol. The SMILES string of the molecule is COc1cc(NC(=O)c2ccc(C)c(O)c2)c(C(=O)O)cc1OC. The first-order valence-electron chi connectivity index (χ1n) is 6.97. The number of nitrogens with one attached hydrogen (secondary N) is 1. The number of aryl methyl sites for hydroxylation is 1. The van der Waals surface area contributed by atoms with Crippen molar-refractivity contribution in [2.75, 3.05) is 19.5 Å². The predicted octanol–water partition coefficient (Wildman–Crippen LogP) is 2.67. The fraction of sp³-hybridized carbons (Fsp3) is 0.176. The van der Waals surface area contributed by atoms with Crippen molar-refractivity contribution in [2.45, 2.75) is 6.92 Å². The van der Waals surface area contributed by atoms with Gasteiger partial charge in [-0.05, 0) is 24.6 Å². The van der Waals surface area contributed by atoms with E-state index in [1.807, 2.05) is 0 Å². The molecule has 0 atom stereocenters. The Bertz CT molecular complexity index is 800. The Kier molecular flexibility index (Phi) is 4.93. The number of carboxylic acid groups (broad SMARTS) is 1. The molecule has 0 radical (unpaired) electrons. The van der Waals surface area contributed by atoms with Crippen LogP contribution in [-0.4, -0.2) is 36.3 Å². The van der Waals surface area contributed by atoms with Gasteiger partial charge in [0.1, 0.15) is 5.75 Å². The van der Waals surface area contributed by atoms with Crippen LogP contribution in [0.15, 0.2) is 30.3 Å². The molecule has 0 bridgehead atoms. The third kappa shape index (κ3) is 3.40. The molecule has 7 nitrogen and oxygen atoms in total. The van der Waals surface area contributed by atoms with Crippen LogP contribution >= 0.6 is 0 Å². The minimum absolute atomic E-state index is 0.0200. The molecule has 3 N–H and O–H groups in total. The Balaban J connectivity index is 2.41. The summed E-state index contributed by atoms with van der Waals surface area (Å²) in [4.78, 5) is 23.7. The quantitative estimate of drug-likeness (QED) is 0.778. The number of carbonyl (C=O) groups excluding carboxylic acids is 1. The summed E-state index contributed by atoms with van der Waals surface area (Å²) in [6.45, 7) is 1.70. The lowest BCUT2D eigenvalue weighted by molar-refractivity contribution is 0.0697. The lowest BCUT2D eigenvalue weighted by Gasteiger charge is -2.14. The summed E-state index contributed by atoms with van der Waals surface area (Å²) in [7, 11) is 2.79. The van der Waals surface area contributed by atoms with Gasteiger partial charge in [-0.15, -0.1) is 0 Å². The van der Waals surface area contributed by atoms with E-state index in [9.17, 15) is 19.8 Å². The van der Waals surface area contributed by atoms with E-state index in [4.69, 9.17) is 9.47 Å². The summed E-state index contributed by atoms with van der Waals surface area (Å²) in [6, 6.07) is 7.08. The molecule has 0 saturated heterocycles. The number of carboxylic acids is 1. The molecule has 7 heteroatoms. The van der Waals surface area contributed by atoms with Gasteiger partial charge in [-0.25, -0.2) is 4.79 Å². The molecule has 126 valence electrons. The van der Waals surface area contributed by atoms with Gasteiger partial charge in [0.2, 0.25) is 0 Å². The van der Waals surface area contributed by atoms with E-state index in [0.717, 1.165) is 0 Å². The van der Waals surface area contributed by atoms with Crippen molar-refractivity contribution in [3.05, 3.63) is 47.0 Å². The van der Waals surface area contributed by atoms with Crippen LogP contribution in [0.3, 0.4) is 0 Å². The van der Waals surface area contributed by atoms with Gasteiger partial charge in [-0.2, -0.15) is 0 Å². The molecule has 0 aliphatic heterocycles. The Morgan fingerprint density at radius 1 is 1.04 bits per heavy atom. The molecular weight excluding hydrogens is 314 g/mol. The molecule has 0 unspecified atom stereocenters. The summed E-state index contributed by atoms with van der Waals surface area (Å²) in [5.74, 6) is -1.28. The summed E-state index contributed by atoms with van der Waals surface area (Å²) in [5.41, 5.74) is 0.746. The summed E-state index contributed by atoms with van der Waals surface area (Å²) >= 11 is 0. The second kappa shape index (κ2) is 6.91. The van der Waals surface area contributed by atoms with Gasteiger partial charge in [0, 0.05) is 17.7 Å². The smallest absolute Gasteiger partial charge is 0.337 e. The monoisotopic (exact) mass is 331 g/mol. The number of aromatic hydroxyl groups is 1. The normalized spacial score (nSPS) is 10.1. The second-order valence-corrected chi connectivity index (χ2v) is 5.01. The van der Waals surface area contributed by atoms with E-state index < -0.39 is 11.9 Å². The molecule has 2 rings (SSSR count). The molecule has 2 aromatic rings. The highest BCUT2D eigenvalue weighted by molar-refractivity contribution is 6.08. The number of ether oxygens (including phenoxy) is 2. The van der Waals surface area contributed by atoms with E-state index in [0.29, 0.717) is 5.56 Å². The number of methoxy groups -OCH3 is 2. The van der Waals surface area contributed by atoms with Crippen molar-refractivity contribution >= 4 is 17.6 Å². The van der Waals surface area contributed by atoms with Crippen LogP contribution < -0.4 is 14.8 Å². The van der Waals surface area contributed by atoms with E-state index in [1.165, 1.54) is 38.5 Å². The van der Waals surface area contributed by atoms with Crippen LogP contribution in [0.4, 0.5) is 5.69 Å². The third-order valence-corrected chi connectivity index (χ3v) is 3.47. The number of rotatable bonds is 5. The van der Waals surface area contributed by atoms with Crippen molar-refractivity contribution in [3.8, 4) is 17.2 Å². The van der Waals surface area contributed by atoms with Crippen molar-refractivity contribution in [2.24, 2.45) is 0 Å². The maximum atomic E-state index is 12.3. The number of aromatic carboxylic acids is 1. The number of carbonyl (C=O) groups is 2. The van der Waals surface area contributed by atoms with Crippen molar-refractivity contribution in [3.63, 3.8) is 0 Å². The minimum atomic E-state index is -1.22. The third-order valence-electron chi connectivity index (χ3n) is 3.47. The van der Waals surface area contributed by atoms with Gasteiger partial charge in [0.15, 0.2) is 11.5 Å². The Labute approximate surface area is 138 Å². The van der Waals surface area contributed by atoms with Gasteiger partial charge in [-0.1, -0.05) is 6.07 Å². The van der Waals surface area contributed by atoms with Crippen LogP contribution in [-0.2, 0) is 0 Å². The number of benzene rings is 2. The minimum Gasteiger partial charge on any atom is -0.508 e. The summed E-state index contributed by atoms with van der Waals surface area (Å²) < 4.78 is 10.2. The Morgan fingerprint density at radius 2 is 1.67 bits per heavy atom. The highest BCUT2D eigenvalue weighted by atomic mass is 16.5. The molecule has 0 heterocycles. The average Bonchev–Trinajstić information content (AvgIpc) is 2.56. The van der Waals surface area contributed by atoms with Crippen LogP contribution in [0.2, 0.25) is 0 Å². The van der Waals surface area contributed by atoms with E-state index >= 15 is 0 Å². The lowest BCUT2D eigenvalue weighted by atomic mass is 10.1. The first-order chi connectivity index (χ1) is 11.4. The number of hydrogen-bond donors (Lipinski definition) is 3. The molecule has 0 fully saturated rings. The number of anilines is 1. The largest absolute Gasteiger partial charge is 0.508 e. The van der Waals surface area contributed by atoms with Gasteiger partial charge in [-0.3, -0.25) is 4.79 Å². The first-order valence-corrected chi connectivity index (χ1v) is 6.97. The zero-order valence-electron chi connectivity index (χ0n) is 13.4. The van der Waals surface area contributed by atoms with Crippen LogP contribution in [0.1, 0.15) is 26.3 Å². The fourth-order valence-corrected chi connectivity index (χ4v) is 2.10. The van der Waals surface area contributed by atoms with Crippen molar-refractivity contribution in [1.82, 2.24) is 0 Å². The maximum absolute atomic E-state index is 12.3. The first kappa shape index (κ1) is 17.1. The topological polar surface area (TPSA) is 105 Å². The van der Waals surface area contributed by atoms with Gasteiger partial charge >= 0.3 is 5.97 Å². The van der Waals surface area contributed by atoms with Gasteiger partial charge < -0.3 is 25.0 Å². The maximum Gasteiger partial charge on any atom is 0.337 e. The highest BCUT2D eigenvalue weighted by Crippen LogP contribution is 2.33. The van der Waals surface area contributed by atoms with Crippen molar-refractivity contribution < 1.29 is 29.3 Å². The predicted molar refractivity (Wildman–Crippen MR) is 87.3 cm³/mol. The van der Waals surface area contributed by atoms with Crippen molar-refractivity contribution in [1.29, 1.82) is 0 Å². The zero-order valence-corrected chi connectivity index (χ0v) is 13.4. The zero-order chi connectivity index (χ0) is 17.9. The number of hydrogen-bond acceptors (Lipinski definition) is 5. The van der Waals surface area contributed by atoms with Gasteiger partial charge in [0.05, 0.1) is 25.5 Å². The molecule has 0 saturated carbocycles. The lowest BCUT2D eigenvalue weighted by Crippen LogP contribution is -2.15. The van der Waals surface area contributed by atoms with Gasteiger partial charge in [0.25, 0.3) is 5.91 Å².